The summed E-state index contributed by atoms with van der Waals surface area (Å²) in [5, 5.41) is 3.30. The van der Waals surface area contributed by atoms with E-state index in [1.807, 2.05) is 6.92 Å². The fraction of sp³-hybridized carbons (Fsp3) is 0.417. The zero-order chi connectivity index (χ0) is 12.8. The number of anilines is 1. The number of rotatable bonds is 5. The van der Waals surface area contributed by atoms with Gasteiger partial charge in [0.05, 0.1) is 12.3 Å². The van der Waals surface area contributed by atoms with Gasteiger partial charge < -0.3 is 10.1 Å². The number of benzene rings is 1. The molecule has 1 aromatic carbocycles. The van der Waals surface area contributed by atoms with Crippen LogP contribution in [0.2, 0.25) is 5.02 Å². The molecule has 0 heterocycles. The molecule has 5 heteroatoms. The summed E-state index contributed by atoms with van der Waals surface area (Å²) in [4.78, 5) is 11.7. The van der Waals surface area contributed by atoms with Gasteiger partial charge in [0, 0.05) is 16.8 Å². The molecule has 0 bridgehead atoms. The van der Waals surface area contributed by atoms with Crippen molar-refractivity contribution in [2.24, 2.45) is 5.92 Å². The Morgan fingerprint density at radius 3 is 2.82 bits per heavy atom. The minimum absolute atomic E-state index is 0.150. The SMILES string of the molecule is CCOc1ccc(Cl)cc1NC(=O)C(C)CCl. The summed E-state index contributed by atoms with van der Waals surface area (Å²) in [7, 11) is 0. The van der Waals surface area contributed by atoms with Crippen LogP contribution in [-0.2, 0) is 4.79 Å². The van der Waals surface area contributed by atoms with Gasteiger partial charge in [0.25, 0.3) is 0 Å². The highest BCUT2D eigenvalue weighted by Gasteiger charge is 2.14. The van der Waals surface area contributed by atoms with E-state index in [4.69, 9.17) is 27.9 Å². The van der Waals surface area contributed by atoms with E-state index in [9.17, 15) is 4.79 Å². The highest BCUT2D eigenvalue weighted by Crippen LogP contribution is 2.28. The van der Waals surface area contributed by atoms with Crippen LogP contribution in [0.15, 0.2) is 18.2 Å². The van der Waals surface area contributed by atoms with Crippen molar-refractivity contribution in [3.05, 3.63) is 23.2 Å². The second kappa shape index (κ2) is 6.72. The van der Waals surface area contributed by atoms with Crippen molar-refractivity contribution < 1.29 is 9.53 Å². The lowest BCUT2D eigenvalue weighted by atomic mass is 10.2. The maximum atomic E-state index is 11.7. The Balaban J connectivity index is 2.87. The van der Waals surface area contributed by atoms with Crippen LogP contribution < -0.4 is 10.1 Å². The van der Waals surface area contributed by atoms with E-state index in [2.05, 4.69) is 5.32 Å². The Hall–Kier alpha value is -0.930. The molecule has 0 aliphatic rings. The van der Waals surface area contributed by atoms with Crippen molar-refractivity contribution in [3.8, 4) is 5.75 Å². The van der Waals surface area contributed by atoms with Gasteiger partial charge in [-0.1, -0.05) is 18.5 Å². The van der Waals surface area contributed by atoms with Crippen LogP contribution in [-0.4, -0.2) is 18.4 Å². The molecule has 1 amide bonds. The van der Waals surface area contributed by atoms with Crippen molar-refractivity contribution >= 4 is 34.8 Å². The Bertz CT molecular complexity index is 396. The summed E-state index contributed by atoms with van der Waals surface area (Å²) in [6.45, 7) is 4.16. The fourth-order valence-corrected chi connectivity index (χ4v) is 1.52. The smallest absolute Gasteiger partial charge is 0.228 e. The predicted octanol–water partition coefficient (Wildman–Crippen LogP) is 3.55. The molecule has 1 rings (SSSR count). The first kappa shape index (κ1) is 14.1. The van der Waals surface area contributed by atoms with Crippen LogP contribution in [0.25, 0.3) is 0 Å². The van der Waals surface area contributed by atoms with Gasteiger partial charge in [-0.15, -0.1) is 11.6 Å². The third-order valence-corrected chi connectivity index (χ3v) is 2.88. The lowest BCUT2D eigenvalue weighted by Gasteiger charge is -2.13. The number of carbonyl (C=O) groups excluding carboxylic acids is 1. The van der Waals surface area contributed by atoms with Crippen LogP contribution in [0.5, 0.6) is 5.75 Å². The van der Waals surface area contributed by atoms with E-state index in [0.29, 0.717) is 23.1 Å². The second-order valence-corrected chi connectivity index (χ2v) is 4.36. The molecular formula is C12H15Cl2NO2. The molecule has 94 valence electrons. The van der Waals surface area contributed by atoms with Gasteiger partial charge in [-0.25, -0.2) is 0 Å². The number of hydrogen-bond donors (Lipinski definition) is 1. The van der Waals surface area contributed by atoms with E-state index in [-0.39, 0.29) is 17.7 Å². The van der Waals surface area contributed by atoms with E-state index >= 15 is 0 Å². The Morgan fingerprint density at radius 1 is 1.53 bits per heavy atom. The van der Waals surface area contributed by atoms with E-state index in [1.165, 1.54) is 0 Å². The van der Waals surface area contributed by atoms with E-state index in [1.54, 1.807) is 25.1 Å². The highest BCUT2D eigenvalue weighted by atomic mass is 35.5. The van der Waals surface area contributed by atoms with Gasteiger partial charge in [0.15, 0.2) is 0 Å². The lowest BCUT2D eigenvalue weighted by Crippen LogP contribution is -2.21. The molecule has 0 aromatic heterocycles. The van der Waals surface area contributed by atoms with Crippen LogP contribution >= 0.6 is 23.2 Å². The van der Waals surface area contributed by atoms with E-state index in [0.717, 1.165) is 0 Å². The van der Waals surface area contributed by atoms with Crippen molar-refractivity contribution in [1.82, 2.24) is 0 Å². The van der Waals surface area contributed by atoms with Crippen molar-refractivity contribution in [2.75, 3.05) is 17.8 Å². The number of halogens is 2. The minimum atomic E-state index is -0.259. The molecule has 0 radical (unpaired) electrons. The fourth-order valence-electron chi connectivity index (χ4n) is 1.21. The minimum Gasteiger partial charge on any atom is -0.492 e. The lowest BCUT2D eigenvalue weighted by molar-refractivity contribution is -0.118. The average molecular weight is 276 g/mol. The standard InChI is InChI=1S/C12H15Cl2NO2/c1-3-17-11-5-4-9(14)6-10(11)15-12(16)8(2)7-13/h4-6,8H,3,7H2,1-2H3,(H,15,16). The third-order valence-electron chi connectivity index (χ3n) is 2.18. The molecular weight excluding hydrogens is 261 g/mol. The molecule has 0 fully saturated rings. The molecule has 0 aliphatic carbocycles. The maximum absolute atomic E-state index is 11.7. The summed E-state index contributed by atoms with van der Waals surface area (Å²) < 4.78 is 5.40. The number of nitrogens with one attached hydrogen (secondary N) is 1. The first-order valence-electron chi connectivity index (χ1n) is 5.37. The Kier molecular flexibility index (Phi) is 5.59. The topological polar surface area (TPSA) is 38.3 Å². The molecule has 3 nitrogen and oxygen atoms in total. The highest BCUT2D eigenvalue weighted by molar-refractivity contribution is 6.31. The molecule has 1 aromatic rings. The normalized spacial score (nSPS) is 12.0. The average Bonchev–Trinajstić information content (AvgIpc) is 2.31. The number of ether oxygens (including phenoxy) is 1. The Labute approximate surface area is 111 Å². The quantitative estimate of drug-likeness (QED) is 0.835. The Morgan fingerprint density at radius 2 is 2.24 bits per heavy atom. The summed E-state index contributed by atoms with van der Waals surface area (Å²) in [5.74, 6) is 0.469. The van der Waals surface area contributed by atoms with Gasteiger partial charge in [-0.3, -0.25) is 4.79 Å². The summed E-state index contributed by atoms with van der Waals surface area (Å²) >= 11 is 11.5. The van der Waals surface area contributed by atoms with Gasteiger partial charge in [0.1, 0.15) is 5.75 Å². The van der Waals surface area contributed by atoms with Crippen LogP contribution in [0.3, 0.4) is 0 Å². The molecule has 0 aliphatic heterocycles. The number of amides is 1. The van der Waals surface area contributed by atoms with Crippen LogP contribution in [0.1, 0.15) is 13.8 Å². The van der Waals surface area contributed by atoms with Gasteiger partial charge in [-0.05, 0) is 25.1 Å². The number of alkyl halides is 1. The van der Waals surface area contributed by atoms with Gasteiger partial charge in [0.2, 0.25) is 5.91 Å². The molecule has 1 unspecified atom stereocenters. The second-order valence-electron chi connectivity index (χ2n) is 3.62. The zero-order valence-corrected chi connectivity index (χ0v) is 11.3. The molecule has 0 spiro atoms. The van der Waals surface area contributed by atoms with Crippen LogP contribution in [0.4, 0.5) is 5.69 Å². The van der Waals surface area contributed by atoms with Crippen LogP contribution in [0, 0.1) is 5.92 Å². The monoisotopic (exact) mass is 275 g/mol. The summed E-state index contributed by atoms with van der Waals surface area (Å²) in [6.07, 6.45) is 0. The molecule has 1 atom stereocenters. The maximum Gasteiger partial charge on any atom is 0.228 e. The third kappa shape index (κ3) is 4.10. The van der Waals surface area contributed by atoms with Crippen molar-refractivity contribution in [2.45, 2.75) is 13.8 Å². The van der Waals surface area contributed by atoms with Gasteiger partial charge in [-0.2, -0.15) is 0 Å². The number of hydrogen-bond acceptors (Lipinski definition) is 2. The first-order chi connectivity index (χ1) is 8.08. The summed E-state index contributed by atoms with van der Waals surface area (Å²) in [6, 6.07) is 5.10. The predicted molar refractivity (Wildman–Crippen MR) is 71.1 cm³/mol. The molecule has 1 N–H and O–H groups in total. The van der Waals surface area contributed by atoms with E-state index < -0.39 is 0 Å². The number of carbonyl (C=O) groups is 1. The van der Waals surface area contributed by atoms with Gasteiger partial charge >= 0.3 is 0 Å². The molecule has 0 saturated heterocycles. The van der Waals surface area contributed by atoms with Crippen molar-refractivity contribution in [3.63, 3.8) is 0 Å². The summed E-state index contributed by atoms with van der Waals surface area (Å²) in [5.41, 5.74) is 0.571. The zero-order valence-electron chi connectivity index (χ0n) is 9.80. The largest absolute Gasteiger partial charge is 0.492 e. The first-order valence-corrected chi connectivity index (χ1v) is 6.29. The molecule has 0 saturated carbocycles. The van der Waals surface area contributed by atoms with Crippen molar-refractivity contribution in [1.29, 1.82) is 0 Å². The molecule has 17 heavy (non-hydrogen) atoms.